The zero-order valence-electron chi connectivity index (χ0n) is 26.9. The van der Waals surface area contributed by atoms with E-state index in [1.165, 1.54) is 18.6 Å². The van der Waals surface area contributed by atoms with Crippen LogP contribution >= 0.6 is 11.3 Å². The van der Waals surface area contributed by atoms with Gasteiger partial charge in [-0.1, -0.05) is 32.3 Å². The number of ether oxygens (including phenoxy) is 2. The van der Waals surface area contributed by atoms with Gasteiger partial charge in [0.1, 0.15) is 9.96 Å². The maximum atomic E-state index is 14.3. The number of carbonyl (C=O) groups is 2. The number of hydrogen-bond donors (Lipinski definition) is 2. The van der Waals surface area contributed by atoms with E-state index in [-0.39, 0.29) is 64.5 Å². The van der Waals surface area contributed by atoms with E-state index in [2.05, 4.69) is 4.72 Å². The van der Waals surface area contributed by atoms with Crippen molar-refractivity contribution in [2.75, 3.05) is 38.1 Å². The van der Waals surface area contributed by atoms with Crippen LogP contribution in [0.15, 0.2) is 39.9 Å². The number of likely N-dealkylation sites (N-methyl/N-ethyl adjacent to an activating group) is 1. The van der Waals surface area contributed by atoms with Crippen LogP contribution in [-0.4, -0.2) is 86.7 Å². The average molecular weight is 664 g/mol. The number of rotatable bonds is 8. The van der Waals surface area contributed by atoms with Gasteiger partial charge in [0.2, 0.25) is 5.91 Å². The minimum Gasteiger partial charge on any atom is -0.490 e. The Bertz CT molecular complexity index is 1360. The third-order valence-electron chi connectivity index (χ3n) is 8.85. The number of aliphatic hydroxyl groups is 1. The van der Waals surface area contributed by atoms with Crippen LogP contribution in [0.25, 0.3) is 0 Å². The first-order chi connectivity index (χ1) is 21.5. The summed E-state index contributed by atoms with van der Waals surface area (Å²) in [6.07, 6.45) is 7.08. The molecule has 1 aliphatic heterocycles. The van der Waals surface area contributed by atoms with Crippen molar-refractivity contribution in [2.24, 2.45) is 11.8 Å². The number of nitrogens with zero attached hydrogens (tertiary/aromatic N) is 2. The summed E-state index contributed by atoms with van der Waals surface area (Å²) in [6.45, 7) is 6.66. The second-order valence-electron chi connectivity index (χ2n) is 12.6. The Labute approximate surface area is 272 Å². The summed E-state index contributed by atoms with van der Waals surface area (Å²) in [5.41, 5.74) is 0.446. The molecule has 0 saturated heterocycles. The predicted molar refractivity (Wildman–Crippen MR) is 176 cm³/mol. The molecule has 2 aromatic rings. The first-order valence-electron chi connectivity index (χ1n) is 16.2. The Morgan fingerprint density at radius 2 is 1.87 bits per heavy atom. The number of amides is 2. The number of nitrogens with one attached hydrogen (secondary N) is 1. The van der Waals surface area contributed by atoms with Crippen LogP contribution in [0.5, 0.6) is 5.75 Å². The van der Waals surface area contributed by atoms with Crippen molar-refractivity contribution in [3.8, 4) is 5.75 Å². The van der Waals surface area contributed by atoms with Crippen LogP contribution in [0.4, 0.5) is 5.69 Å². The average Bonchev–Trinajstić information content (AvgIpc) is 3.59. The zero-order chi connectivity index (χ0) is 32.6. The molecule has 45 heavy (non-hydrogen) atoms. The molecule has 0 unspecified atom stereocenters. The molecule has 0 bridgehead atoms. The molecule has 2 aliphatic rings. The largest absolute Gasteiger partial charge is 0.490 e. The van der Waals surface area contributed by atoms with Gasteiger partial charge in [0.05, 0.1) is 30.4 Å². The van der Waals surface area contributed by atoms with E-state index >= 15 is 0 Å². The van der Waals surface area contributed by atoms with Crippen LogP contribution in [0.3, 0.4) is 0 Å². The molecule has 250 valence electrons. The van der Waals surface area contributed by atoms with Crippen molar-refractivity contribution in [1.82, 2.24) is 9.80 Å². The number of sulfonamides is 1. The van der Waals surface area contributed by atoms with E-state index in [1.807, 2.05) is 20.9 Å². The third-order valence-corrected chi connectivity index (χ3v) is 11.6. The number of hydrogen-bond acceptors (Lipinski definition) is 8. The smallest absolute Gasteiger partial charge is 0.271 e. The summed E-state index contributed by atoms with van der Waals surface area (Å²) in [5.74, 6) is 0.00651. The Kier molecular flexibility index (Phi) is 12.7. The highest BCUT2D eigenvalue weighted by atomic mass is 32.2. The highest BCUT2D eigenvalue weighted by Gasteiger charge is 2.32. The molecule has 1 fully saturated rings. The number of aliphatic hydroxyl groups excluding tert-OH is 1. The van der Waals surface area contributed by atoms with Gasteiger partial charge in [0.25, 0.3) is 15.9 Å². The van der Waals surface area contributed by atoms with Gasteiger partial charge >= 0.3 is 0 Å². The number of anilines is 1. The van der Waals surface area contributed by atoms with Crippen molar-refractivity contribution < 1.29 is 32.6 Å². The fourth-order valence-electron chi connectivity index (χ4n) is 6.09. The van der Waals surface area contributed by atoms with Gasteiger partial charge in [-0.3, -0.25) is 14.3 Å². The van der Waals surface area contributed by atoms with Gasteiger partial charge in [-0.05, 0) is 75.6 Å². The minimum absolute atomic E-state index is 0.0504. The molecule has 2 N–H and O–H groups in total. The van der Waals surface area contributed by atoms with E-state index in [1.54, 1.807) is 40.3 Å². The number of thiophene rings is 1. The van der Waals surface area contributed by atoms with E-state index in [9.17, 15) is 23.1 Å². The lowest BCUT2D eigenvalue weighted by molar-refractivity contribution is -0.137. The molecule has 1 aliphatic carbocycles. The normalized spacial score (nSPS) is 23.4. The first-order valence-corrected chi connectivity index (χ1v) is 18.5. The van der Waals surface area contributed by atoms with Crippen LogP contribution in [0.1, 0.15) is 82.5 Å². The second kappa shape index (κ2) is 16.2. The summed E-state index contributed by atoms with van der Waals surface area (Å²) in [4.78, 5) is 31.0. The van der Waals surface area contributed by atoms with Gasteiger partial charge < -0.3 is 24.4 Å². The lowest BCUT2D eigenvalue weighted by atomic mass is 9.88. The van der Waals surface area contributed by atoms with E-state index in [0.717, 1.165) is 56.3 Å². The maximum absolute atomic E-state index is 14.3. The number of benzene rings is 1. The third kappa shape index (κ3) is 9.43. The topological polar surface area (TPSA) is 125 Å². The van der Waals surface area contributed by atoms with E-state index in [4.69, 9.17) is 9.47 Å². The lowest BCUT2D eigenvalue weighted by Crippen LogP contribution is -2.48. The summed E-state index contributed by atoms with van der Waals surface area (Å²) in [5, 5.41) is 11.9. The Morgan fingerprint density at radius 1 is 1.13 bits per heavy atom. The molecule has 1 saturated carbocycles. The fourth-order valence-corrected chi connectivity index (χ4v) is 8.13. The van der Waals surface area contributed by atoms with Crippen molar-refractivity contribution in [3.05, 3.63) is 41.3 Å². The Morgan fingerprint density at radius 3 is 2.56 bits per heavy atom. The first kappa shape index (κ1) is 35.2. The van der Waals surface area contributed by atoms with E-state index in [0.29, 0.717) is 18.9 Å². The van der Waals surface area contributed by atoms with Gasteiger partial charge in [0.15, 0.2) is 0 Å². The molecular formula is C33H49N3O7S2. The molecule has 10 nitrogen and oxygen atoms in total. The van der Waals surface area contributed by atoms with Gasteiger partial charge in [-0.2, -0.15) is 0 Å². The van der Waals surface area contributed by atoms with Crippen molar-refractivity contribution in [2.45, 2.75) is 94.6 Å². The highest BCUT2D eigenvalue weighted by Crippen LogP contribution is 2.30. The zero-order valence-corrected chi connectivity index (χ0v) is 28.6. The Balaban J connectivity index is 1.63. The lowest BCUT2D eigenvalue weighted by Gasteiger charge is -2.36. The molecule has 2 heterocycles. The van der Waals surface area contributed by atoms with Crippen LogP contribution in [0.2, 0.25) is 0 Å². The molecule has 1 aromatic heterocycles. The predicted octanol–water partition coefficient (Wildman–Crippen LogP) is 5.38. The summed E-state index contributed by atoms with van der Waals surface area (Å²) in [7, 11) is -2.00. The van der Waals surface area contributed by atoms with Crippen LogP contribution in [-0.2, 0) is 19.6 Å². The molecule has 0 radical (unpaired) electrons. The summed E-state index contributed by atoms with van der Waals surface area (Å²) < 4.78 is 41.4. The second-order valence-corrected chi connectivity index (χ2v) is 15.5. The van der Waals surface area contributed by atoms with Crippen LogP contribution in [0, 0.1) is 11.8 Å². The molecule has 0 spiro atoms. The minimum atomic E-state index is -3.84. The fraction of sp³-hybridized carbons (Fsp3) is 0.636. The highest BCUT2D eigenvalue weighted by molar-refractivity contribution is 7.94. The van der Waals surface area contributed by atoms with E-state index < -0.39 is 16.1 Å². The van der Waals surface area contributed by atoms with Crippen molar-refractivity contribution in [1.29, 1.82) is 0 Å². The quantitative estimate of drug-likeness (QED) is 0.388. The molecule has 4 atom stereocenters. The summed E-state index contributed by atoms with van der Waals surface area (Å²) in [6, 6.07) is 7.38. The van der Waals surface area contributed by atoms with Gasteiger partial charge in [-0.25, -0.2) is 8.42 Å². The molecule has 2 amide bonds. The van der Waals surface area contributed by atoms with Crippen molar-refractivity contribution in [3.63, 3.8) is 0 Å². The molecular weight excluding hydrogens is 615 g/mol. The molecule has 4 rings (SSSR count). The molecule has 12 heteroatoms. The van der Waals surface area contributed by atoms with Gasteiger partial charge in [-0.15, -0.1) is 11.3 Å². The number of fused-ring (bicyclic) bond motifs is 1. The monoisotopic (exact) mass is 663 g/mol. The Hall–Kier alpha value is -2.67. The standard InChI is InChI=1S/C33H49N3O7S2/c1-23-20-36(24(2)22-37)33(39)28-19-27(34-45(40,41)31-14-10-18-44-31)15-16-29(28)43-25(3)11-8-9-17-42-30(23)21-35(4)32(38)26-12-6-5-7-13-26/h10,14-16,18-19,23-26,30,34,37H,5-9,11-13,17,20-22H2,1-4H3/t23-,24-,25+,30-/m0/s1. The molecule has 1 aromatic carbocycles. The SMILES string of the molecule is C[C@@H]1CCCCO[C@@H](CN(C)C(=O)C2CCCCC2)[C@@H](C)CN([C@@H](C)CO)C(=O)c2cc(NS(=O)(=O)c3cccs3)ccc2O1. The van der Waals surface area contributed by atoms with Crippen LogP contribution < -0.4 is 9.46 Å². The number of carbonyl (C=O) groups excluding carboxylic acids is 2. The summed E-state index contributed by atoms with van der Waals surface area (Å²) >= 11 is 1.10. The maximum Gasteiger partial charge on any atom is 0.271 e. The van der Waals surface area contributed by atoms with Gasteiger partial charge in [0, 0.05) is 44.3 Å². The van der Waals surface area contributed by atoms with Crippen molar-refractivity contribution >= 4 is 38.9 Å².